The number of hydrogen-bond donors (Lipinski definition) is 1. The van der Waals surface area contributed by atoms with Crippen LogP contribution in [-0.2, 0) is 13.0 Å². The van der Waals surface area contributed by atoms with E-state index in [1.54, 1.807) is 11.8 Å². The van der Waals surface area contributed by atoms with Gasteiger partial charge in [0.05, 0.1) is 0 Å². The second kappa shape index (κ2) is 6.01. The highest BCUT2D eigenvalue weighted by molar-refractivity contribution is 7.98. The van der Waals surface area contributed by atoms with Gasteiger partial charge in [-0.3, -0.25) is 0 Å². The van der Waals surface area contributed by atoms with Crippen LogP contribution in [-0.4, -0.2) is 29.3 Å². The van der Waals surface area contributed by atoms with Crippen molar-refractivity contribution in [2.45, 2.75) is 25.0 Å². The Morgan fingerprint density at radius 1 is 1.45 bits per heavy atom. The lowest BCUT2D eigenvalue weighted by atomic mass is 10.1. The Morgan fingerprint density at radius 2 is 2.35 bits per heavy atom. The number of hydrogen-bond acceptors (Lipinski definition) is 6. The van der Waals surface area contributed by atoms with Crippen molar-refractivity contribution in [3.8, 4) is 0 Å². The number of rotatable bonds is 4. The zero-order chi connectivity index (χ0) is 13.9. The van der Waals surface area contributed by atoms with Crippen LogP contribution < -0.4 is 10.2 Å². The molecule has 0 saturated carbocycles. The molecule has 0 amide bonds. The van der Waals surface area contributed by atoms with Gasteiger partial charge in [0.1, 0.15) is 11.6 Å². The number of nitrogens with zero attached hydrogens (tertiary/aromatic N) is 3. The van der Waals surface area contributed by atoms with Crippen molar-refractivity contribution in [1.29, 1.82) is 0 Å². The van der Waals surface area contributed by atoms with Crippen LogP contribution in [0.4, 0.5) is 11.6 Å². The number of fused-ring (bicyclic) bond motifs is 1. The van der Waals surface area contributed by atoms with Gasteiger partial charge in [-0.2, -0.15) is 0 Å². The van der Waals surface area contributed by atoms with E-state index in [9.17, 15) is 0 Å². The summed E-state index contributed by atoms with van der Waals surface area (Å²) in [5.74, 6) is 1.94. The SMILES string of the molecule is CCNc1cc(N2CCc3sccc3C2)nc(SC)n1. The number of aromatic nitrogens is 2. The molecule has 2 aromatic heterocycles. The normalized spacial score (nSPS) is 14.2. The molecule has 0 aromatic carbocycles. The molecule has 1 aliphatic heterocycles. The summed E-state index contributed by atoms with van der Waals surface area (Å²) < 4.78 is 0. The van der Waals surface area contributed by atoms with Crippen molar-refractivity contribution in [2.75, 3.05) is 29.6 Å². The molecule has 3 heterocycles. The Balaban J connectivity index is 1.88. The first-order valence-corrected chi connectivity index (χ1v) is 8.87. The van der Waals surface area contributed by atoms with Gasteiger partial charge in [-0.1, -0.05) is 11.8 Å². The van der Waals surface area contributed by atoms with Crippen LogP contribution in [0.3, 0.4) is 0 Å². The lowest BCUT2D eigenvalue weighted by Gasteiger charge is -2.28. The third-order valence-electron chi connectivity index (χ3n) is 3.36. The van der Waals surface area contributed by atoms with E-state index in [-0.39, 0.29) is 0 Å². The quantitative estimate of drug-likeness (QED) is 0.693. The molecule has 3 rings (SSSR count). The lowest BCUT2D eigenvalue weighted by molar-refractivity contribution is 0.722. The van der Waals surface area contributed by atoms with Gasteiger partial charge in [-0.25, -0.2) is 9.97 Å². The largest absolute Gasteiger partial charge is 0.370 e. The number of nitrogens with one attached hydrogen (secondary N) is 1. The fourth-order valence-corrected chi connectivity index (χ4v) is 3.65. The smallest absolute Gasteiger partial charge is 0.191 e. The molecule has 0 unspecified atom stereocenters. The maximum Gasteiger partial charge on any atom is 0.191 e. The molecule has 0 aliphatic carbocycles. The first-order valence-electron chi connectivity index (χ1n) is 6.77. The van der Waals surface area contributed by atoms with E-state index >= 15 is 0 Å². The predicted octanol–water partition coefficient (Wildman–Crippen LogP) is 3.25. The van der Waals surface area contributed by atoms with E-state index < -0.39 is 0 Å². The summed E-state index contributed by atoms with van der Waals surface area (Å²) in [5, 5.41) is 6.30. The molecule has 0 saturated heterocycles. The van der Waals surface area contributed by atoms with Gasteiger partial charge >= 0.3 is 0 Å². The summed E-state index contributed by atoms with van der Waals surface area (Å²) in [5.41, 5.74) is 1.44. The Hall–Kier alpha value is -1.27. The summed E-state index contributed by atoms with van der Waals surface area (Å²) in [6.07, 6.45) is 3.13. The Labute approximate surface area is 127 Å². The van der Waals surface area contributed by atoms with Gasteiger partial charge in [-0.15, -0.1) is 11.3 Å². The average molecular weight is 306 g/mol. The molecule has 20 heavy (non-hydrogen) atoms. The third-order valence-corrected chi connectivity index (χ3v) is 4.93. The highest BCUT2D eigenvalue weighted by atomic mass is 32.2. The summed E-state index contributed by atoms with van der Waals surface area (Å²) >= 11 is 3.45. The van der Waals surface area contributed by atoms with E-state index in [0.29, 0.717) is 0 Å². The molecular formula is C14H18N4S2. The number of thioether (sulfide) groups is 1. The monoisotopic (exact) mass is 306 g/mol. The molecule has 0 atom stereocenters. The fourth-order valence-electron chi connectivity index (χ4n) is 2.38. The Bertz CT molecular complexity index is 597. The van der Waals surface area contributed by atoms with Gasteiger partial charge in [0.25, 0.3) is 0 Å². The second-order valence-corrected chi connectivity index (χ2v) is 6.44. The molecule has 1 N–H and O–H groups in total. The number of anilines is 2. The third kappa shape index (κ3) is 2.76. The van der Waals surface area contributed by atoms with Crippen LogP contribution in [0.15, 0.2) is 22.7 Å². The maximum atomic E-state index is 4.66. The summed E-state index contributed by atoms with van der Waals surface area (Å²) in [6.45, 7) is 4.94. The van der Waals surface area contributed by atoms with E-state index in [1.165, 1.54) is 10.4 Å². The van der Waals surface area contributed by atoms with Crippen molar-refractivity contribution in [1.82, 2.24) is 9.97 Å². The van der Waals surface area contributed by atoms with E-state index in [0.717, 1.165) is 42.8 Å². The van der Waals surface area contributed by atoms with E-state index in [4.69, 9.17) is 0 Å². The Kier molecular flexibility index (Phi) is 4.12. The topological polar surface area (TPSA) is 41.0 Å². The molecule has 1 aliphatic rings. The van der Waals surface area contributed by atoms with Gasteiger partial charge in [-0.05, 0) is 36.6 Å². The molecule has 6 heteroatoms. The van der Waals surface area contributed by atoms with Crippen LogP contribution >= 0.6 is 23.1 Å². The molecule has 0 fully saturated rings. The minimum atomic E-state index is 0.828. The van der Waals surface area contributed by atoms with Crippen LogP contribution in [0.5, 0.6) is 0 Å². The molecule has 106 valence electrons. The van der Waals surface area contributed by atoms with Gasteiger partial charge < -0.3 is 10.2 Å². The van der Waals surface area contributed by atoms with Crippen molar-refractivity contribution in [3.63, 3.8) is 0 Å². The summed E-state index contributed by atoms with van der Waals surface area (Å²) in [4.78, 5) is 13.0. The van der Waals surface area contributed by atoms with Crippen molar-refractivity contribution in [3.05, 3.63) is 28.0 Å². The van der Waals surface area contributed by atoms with Gasteiger partial charge in [0, 0.05) is 30.6 Å². The fraction of sp³-hybridized carbons (Fsp3) is 0.429. The lowest BCUT2D eigenvalue weighted by Crippen LogP contribution is -2.30. The predicted molar refractivity (Wildman–Crippen MR) is 87.0 cm³/mol. The highest BCUT2D eigenvalue weighted by Gasteiger charge is 2.19. The molecule has 2 aromatic rings. The standard InChI is InChI=1S/C14H18N4S2/c1-3-15-12-8-13(17-14(16-12)19-2)18-6-4-11-10(9-18)5-7-20-11/h5,7-8H,3-4,6,9H2,1-2H3,(H,15,16,17). The van der Waals surface area contributed by atoms with Gasteiger partial charge in [0.15, 0.2) is 5.16 Å². The van der Waals surface area contributed by atoms with Crippen molar-refractivity contribution in [2.24, 2.45) is 0 Å². The van der Waals surface area contributed by atoms with E-state index in [1.807, 2.05) is 17.6 Å². The highest BCUT2D eigenvalue weighted by Crippen LogP contribution is 2.28. The maximum absolute atomic E-state index is 4.66. The van der Waals surface area contributed by atoms with Crippen LogP contribution in [0.1, 0.15) is 17.4 Å². The van der Waals surface area contributed by atoms with Crippen molar-refractivity contribution >= 4 is 34.7 Å². The first-order chi connectivity index (χ1) is 9.80. The minimum Gasteiger partial charge on any atom is -0.370 e. The Morgan fingerprint density at radius 3 is 3.15 bits per heavy atom. The molecule has 0 radical (unpaired) electrons. The number of thiophene rings is 1. The summed E-state index contributed by atoms with van der Waals surface area (Å²) in [6, 6.07) is 4.29. The molecule has 4 nitrogen and oxygen atoms in total. The summed E-state index contributed by atoms with van der Waals surface area (Å²) in [7, 11) is 0. The zero-order valence-electron chi connectivity index (χ0n) is 11.7. The molecular weight excluding hydrogens is 288 g/mol. The average Bonchev–Trinajstić information content (AvgIpc) is 2.94. The van der Waals surface area contributed by atoms with Crippen LogP contribution in [0.25, 0.3) is 0 Å². The molecule has 0 spiro atoms. The zero-order valence-corrected chi connectivity index (χ0v) is 13.4. The van der Waals surface area contributed by atoms with Crippen molar-refractivity contribution < 1.29 is 0 Å². The minimum absolute atomic E-state index is 0.828. The van der Waals surface area contributed by atoms with Gasteiger partial charge in [0.2, 0.25) is 0 Å². The van der Waals surface area contributed by atoms with E-state index in [2.05, 4.69) is 44.6 Å². The molecule has 0 bridgehead atoms. The van der Waals surface area contributed by atoms with Crippen LogP contribution in [0, 0.1) is 0 Å². The second-order valence-electron chi connectivity index (χ2n) is 4.67. The van der Waals surface area contributed by atoms with Crippen LogP contribution in [0.2, 0.25) is 0 Å². The first kappa shape index (κ1) is 13.7.